The number of rotatable bonds is 3. The summed E-state index contributed by atoms with van der Waals surface area (Å²) >= 11 is 4.60. The molecule has 0 spiro atoms. The second kappa shape index (κ2) is 4.14. The number of hydrogen-bond acceptors (Lipinski definition) is 5. The van der Waals surface area contributed by atoms with E-state index in [1.165, 1.54) is 0 Å². The highest BCUT2D eigenvalue weighted by atomic mass is 32.1. The molecule has 1 atom stereocenters. The van der Waals surface area contributed by atoms with Gasteiger partial charge in [-0.2, -0.15) is 0 Å². The first-order valence-corrected chi connectivity index (χ1v) is 4.29. The topological polar surface area (TPSA) is 84.5 Å². The van der Waals surface area contributed by atoms with Crippen LogP contribution in [0.4, 0.5) is 0 Å². The third-order valence-corrected chi connectivity index (χ3v) is 1.73. The molecular weight excluding hydrogens is 208 g/mol. The molecule has 1 heterocycles. The molecule has 76 valence electrons. The van der Waals surface area contributed by atoms with Crippen molar-refractivity contribution in [3.8, 4) is 0 Å². The number of Topliss-reactive ketones (excluding diaryl/α,β-unsaturated/α-hetero) is 1. The van der Waals surface area contributed by atoms with Gasteiger partial charge in [-0.05, 0) is 19.1 Å². The van der Waals surface area contributed by atoms with E-state index in [4.69, 9.17) is 0 Å². The first kappa shape index (κ1) is 10.6. The van der Waals surface area contributed by atoms with Crippen molar-refractivity contribution in [1.29, 1.82) is 0 Å². The average Bonchev–Trinajstić information content (AvgIpc) is 2.44. The minimum Gasteiger partial charge on any atom is -0.460 e. The zero-order valence-corrected chi connectivity index (χ0v) is 8.14. The monoisotopic (exact) mass is 216 g/mol. The van der Waals surface area contributed by atoms with Crippen LogP contribution in [0.3, 0.4) is 0 Å². The van der Waals surface area contributed by atoms with Crippen LogP contribution in [-0.2, 0) is 19.1 Å². The highest BCUT2D eigenvalue weighted by Gasteiger charge is 2.37. The van der Waals surface area contributed by atoms with Gasteiger partial charge in [0.15, 0.2) is 11.2 Å². The predicted molar refractivity (Wildman–Crippen MR) is 49.3 cm³/mol. The molecule has 1 amide bonds. The molecule has 1 unspecified atom stereocenters. The Balaban J connectivity index is 2.66. The standard InChI is InChI=1S/C7H8N2O4S/c1-2-13-6(12)4(10)3-5(11)9-7(14)8-3/h3H,2H2,1H3,(H2,8,9,11,14). The van der Waals surface area contributed by atoms with Gasteiger partial charge < -0.3 is 15.4 Å². The van der Waals surface area contributed by atoms with Crippen molar-refractivity contribution >= 4 is 35.0 Å². The smallest absolute Gasteiger partial charge is 0.377 e. The summed E-state index contributed by atoms with van der Waals surface area (Å²) in [4.78, 5) is 33.2. The van der Waals surface area contributed by atoms with E-state index in [2.05, 4.69) is 27.6 Å². The summed E-state index contributed by atoms with van der Waals surface area (Å²) in [7, 11) is 0. The molecule has 14 heavy (non-hydrogen) atoms. The van der Waals surface area contributed by atoms with Gasteiger partial charge in [-0.1, -0.05) is 0 Å². The van der Waals surface area contributed by atoms with Gasteiger partial charge >= 0.3 is 5.97 Å². The maximum absolute atomic E-state index is 11.2. The lowest BCUT2D eigenvalue weighted by Crippen LogP contribution is -2.42. The predicted octanol–water partition coefficient (Wildman–Crippen LogP) is -1.51. The fraction of sp³-hybridized carbons (Fsp3) is 0.429. The fourth-order valence-electron chi connectivity index (χ4n) is 0.921. The third kappa shape index (κ3) is 2.05. The molecule has 0 aromatic rings. The first-order valence-electron chi connectivity index (χ1n) is 3.88. The van der Waals surface area contributed by atoms with Crippen LogP contribution < -0.4 is 10.6 Å². The number of amides is 1. The molecule has 0 saturated carbocycles. The van der Waals surface area contributed by atoms with Crippen molar-refractivity contribution in [2.45, 2.75) is 13.0 Å². The lowest BCUT2D eigenvalue weighted by atomic mass is 10.2. The molecule has 1 aliphatic rings. The Bertz CT molecular complexity index is 315. The zero-order chi connectivity index (χ0) is 10.7. The molecule has 1 saturated heterocycles. The second-order valence-electron chi connectivity index (χ2n) is 2.48. The number of carbonyl (C=O) groups is 3. The van der Waals surface area contributed by atoms with E-state index in [1.807, 2.05) is 0 Å². The van der Waals surface area contributed by atoms with Crippen molar-refractivity contribution in [2.24, 2.45) is 0 Å². The summed E-state index contributed by atoms with van der Waals surface area (Å²) in [6.45, 7) is 1.65. The van der Waals surface area contributed by atoms with Gasteiger partial charge in [0.2, 0.25) is 0 Å². The number of ketones is 1. The summed E-state index contributed by atoms with van der Waals surface area (Å²) in [5.41, 5.74) is 0. The van der Waals surface area contributed by atoms with E-state index in [0.717, 1.165) is 0 Å². The first-order chi connectivity index (χ1) is 6.56. The Morgan fingerprint density at radius 3 is 2.64 bits per heavy atom. The van der Waals surface area contributed by atoms with Gasteiger partial charge in [-0.25, -0.2) is 4.79 Å². The summed E-state index contributed by atoms with van der Waals surface area (Å²) in [5.74, 6) is -2.61. The molecule has 0 bridgehead atoms. The largest absolute Gasteiger partial charge is 0.460 e. The summed E-state index contributed by atoms with van der Waals surface area (Å²) in [5, 5.41) is 4.60. The van der Waals surface area contributed by atoms with E-state index in [1.54, 1.807) is 6.92 Å². The van der Waals surface area contributed by atoms with Crippen LogP contribution in [0.2, 0.25) is 0 Å². The van der Waals surface area contributed by atoms with Gasteiger partial charge in [0.25, 0.3) is 11.7 Å². The molecule has 1 fully saturated rings. The molecule has 0 aliphatic carbocycles. The van der Waals surface area contributed by atoms with Crippen LogP contribution in [0.5, 0.6) is 0 Å². The van der Waals surface area contributed by atoms with Crippen molar-refractivity contribution in [2.75, 3.05) is 6.61 Å². The summed E-state index contributed by atoms with van der Waals surface area (Å²) in [6.07, 6.45) is 0. The maximum atomic E-state index is 11.2. The van der Waals surface area contributed by atoms with Crippen molar-refractivity contribution in [3.05, 3.63) is 0 Å². The van der Waals surface area contributed by atoms with Gasteiger partial charge in [0.1, 0.15) is 0 Å². The molecule has 7 heteroatoms. The van der Waals surface area contributed by atoms with E-state index in [0.29, 0.717) is 0 Å². The molecule has 6 nitrogen and oxygen atoms in total. The number of thiocarbonyl (C=S) groups is 1. The summed E-state index contributed by atoms with van der Waals surface area (Å²) < 4.78 is 4.45. The minimum absolute atomic E-state index is 0.0395. The lowest BCUT2D eigenvalue weighted by molar-refractivity contribution is -0.155. The highest BCUT2D eigenvalue weighted by molar-refractivity contribution is 7.80. The second-order valence-corrected chi connectivity index (χ2v) is 2.89. The Labute approximate surface area is 85.0 Å². The third-order valence-electron chi connectivity index (χ3n) is 1.51. The Kier molecular flexibility index (Phi) is 3.13. The molecule has 1 aliphatic heterocycles. The number of hydrogen-bond donors (Lipinski definition) is 2. The molecule has 0 aromatic heterocycles. The molecule has 0 aromatic carbocycles. The normalized spacial score (nSPS) is 19.9. The lowest BCUT2D eigenvalue weighted by Gasteiger charge is -2.04. The number of carbonyl (C=O) groups excluding carboxylic acids is 3. The van der Waals surface area contributed by atoms with Gasteiger partial charge in [-0.3, -0.25) is 9.59 Å². The summed E-state index contributed by atoms with van der Waals surface area (Å²) in [6, 6.07) is -1.25. The Hall–Kier alpha value is -1.50. The average molecular weight is 216 g/mol. The van der Waals surface area contributed by atoms with Gasteiger partial charge in [0, 0.05) is 0 Å². The highest BCUT2D eigenvalue weighted by Crippen LogP contribution is 1.97. The fourth-order valence-corrected chi connectivity index (χ4v) is 1.14. The molecule has 1 rings (SSSR count). The minimum atomic E-state index is -1.25. The number of esters is 1. The SMILES string of the molecule is CCOC(=O)C(=O)C1NC(=S)NC1=O. The van der Waals surface area contributed by atoms with Crippen molar-refractivity contribution in [1.82, 2.24) is 10.6 Å². The number of nitrogens with one attached hydrogen (secondary N) is 2. The van der Waals surface area contributed by atoms with Crippen molar-refractivity contribution in [3.63, 3.8) is 0 Å². The molecule has 0 radical (unpaired) electrons. The van der Waals surface area contributed by atoms with Gasteiger partial charge in [-0.15, -0.1) is 0 Å². The van der Waals surface area contributed by atoms with E-state index >= 15 is 0 Å². The van der Waals surface area contributed by atoms with Crippen LogP contribution in [0.25, 0.3) is 0 Å². The van der Waals surface area contributed by atoms with Crippen molar-refractivity contribution < 1.29 is 19.1 Å². The Morgan fingerprint density at radius 1 is 1.57 bits per heavy atom. The van der Waals surface area contributed by atoms with Gasteiger partial charge in [0.05, 0.1) is 6.61 Å². The van der Waals surface area contributed by atoms with E-state index < -0.39 is 23.7 Å². The quantitative estimate of drug-likeness (QED) is 0.258. The van der Waals surface area contributed by atoms with Crippen LogP contribution >= 0.6 is 12.2 Å². The van der Waals surface area contributed by atoms with Crippen LogP contribution in [0.15, 0.2) is 0 Å². The van der Waals surface area contributed by atoms with Crippen LogP contribution in [-0.4, -0.2) is 35.4 Å². The molecular formula is C7H8N2O4S. The van der Waals surface area contributed by atoms with Crippen LogP contribution in [0.1, 0.15) is 6.92 Å². The van der Waals surface area contributed by atoms with E-state index in [9.17, 15) is 14.4 Å². The maximum Gasteiger partial charge on any atom is 0.377 e. The Morgan fingerprint density at radius 2 is 2.21 bits per heavy atom. The molecule has 2 N–H and O–H groups in total. The van der Waals surface area contributed by atoms with E-state index in [-0.39, 0.29) is 11.7 Å². The zero-order valence-electron chi connectivity index (χ0n) is 7.33. The van der Waals surface area contributed by atoms with Crippen LogP contribution in [0, 0.1) is 0 Å². The number of ether oxygens (including phenoxy) is 1.